The lowest BCUT2D eigenvalue weighted by Gasteiger charge is -2.53. The molecule has 0 aromatic heterocycles. The molecule has 0 atom stereocenters. The van der Waals surface area contributed by atoms with Gasteiger partial charge in [-0.15, -0.1) is 0 Å². The minimum atomic E-state index is 0.0359. The molecule has 4 fully saturated rings. The van der Waals surface area contributed by atoms with Gasteiger partial charge >= 0.3 is 0 Å². The lowest BCUT2D eigenvalue weighted by Crippen LogP contribution is -2.49. The minimum absolute atomic E-state index is 0.0359. The average molecular weight is 223 g/mol. The van der Waals surface area contributed by atoms with Gasteiger partial charge in [-0.2, -0.15) is 0 Å². The van der Waals surface area contributed by atoms with Gasteiger partial charge in [-0.3, -0.25) is 4.79 Å². The number of ether oxygens (including phenoxy) is 1. The summed E-state index contributed by atoms with van der Waals surface area (Å²) >= 11 is 0. The molecule has 0 unspecified atom stereocenters. The van der Waals surface area contributed by atoms with Crippen LogP contribution in [0.5, 0.6) is 0 Å². The fraction of sp³-hybridized carbons (Fsp3) is 0.923. The number of hydrogen-bond donors (Lipinski definition) is 1. The average Bonchev–Trinajstić information content (AvgIpc) is 2.26. The summed E-state index contributed by atoms with van der Waals surface area (Å²) in [6, 6.07) is 0. The molecule has 0 spiro atoms. The molecule has 3 nitrogen and oxygen atoms in total. The Morgan fingerprint density at radius 1 is 1.06 bits per heavy atom. The molecule has 16 heavy (non-hydrogen) atoms. The second-order valence-electron chi connectivity index (χ2n) is 5.95. The van der Waals surface area contributed by atoms with E-state index in [4.69, 9.17) is 10.5 Å². The van der Waals surface area contributed by atoms with Crippen molar-refractivity contribution in [2.24, 2.45) is 29.4 Å². The summed E-state index contributed by atoms with van der Waals surface area (Å²) in [5.74, 6) is 3.44. The van der Waals surface area contributed by atoms with Crippen molar-refractivity contribution < 1.29 is 9.53 Å². The normalized spacial score (nSPS) is 44.9. The zero-order valence-corrected chi connectivity index (χ0v) is 9.73. The molecule has 4 aliphatic rings. The molecule has 4 saturated carbocycles. The summed E-state index contributed by atoms with van der Waals surface area (Å²) < 4.78 is 5.84. The second-order valence-corrected chi connectivity index (χ2v) is 5.95. The van der Waals surface area contributed by atoms with Gasteiger partial charge in [-0.1, -0.05) is 0 Å². The van der Waals surface area contributed by atoms with E-state index >= 15 is 0 Å². The van der Waals surface area contributed by atoms with Crippen LogP contribution in [-0.4, -0.2) is 25.0 Å². The standard InChI is InChI=1S/C13H21NO2/c14-6-12(15)7-16-13-10-2-8-1-9(4-10)5-11(13)3-8/h8-11,13H,1-7,14H2. The molecule has 4 rings (SSSR count). The first-order valence-corrected chi connectivity index (χ1v) is 6.59. The van der Waals surface area contributed by atoms with Crippen molar-refractivity contribution in [3.63, 3.8) is 0 Å². The topological polar surface area (TPSA) is 52.3 Å². The van der Waals surface area contributed by atoms with Gasteiger partial charge in [0.15, 0.2) is 5.78 Å². The molecule has 3 heteroatoms. The van der Waals surface area contributed by atoms with Crippen LogP contribution >= 0.6 is 0 Å². The van der Waals surface area contributed by atoms with Gasteiger partial charge in [-0.25, -0.2) is 0 Å². The number of nitrogens with two attached hydrogens (primary N) is 1. The quantitative estimate of drug-likeness (QED) is 0.783. The van der Waals surface area contributed by atoms with Crippen molar-refractivity contribution in [3.05, 3.63) is 0 Å². The van der Waals surface area contributed by atoms with E-state index in [0.29, 0.717) is 6.10 Å². The van der Waals surface area contributed by atoms with Crippen molar-refractivity contribution >= 4 is 5.78 Å². The van der Waals surface area contributed by atoms with Gasteiger partial charge in [0.05, 0.1) is 12.6 Å². The maximum atomic E-state index is 11.2. The first-order valence-electron chi connectivity index (χ1n) is 6.59. The molecule has 0 saturated heterocycles. The third kappa shape index (κ3) is 1.80. The predicted octanol–water partition coefficient (Wildman–Crippen LogP) is 1.36. The molecule has 0 amide bonds. The summed E-state index contributed by atoms with van der Waals surface area (Å²) in [6.07, 6.45) is 7.19. The van der Waals surface area contributed by atoms with Gasteiger partial charge in [0.25, 0.3) is 0 Å². The van der Waals surface area contributed by atoms with Gasteiger partial charge in [-0.05, 0) is 55.8 Å². The van der Waals surface area contributed by atoms with E-state index in [1.165, 1.54) is 32.1 Å². The summed E-state index contributed by atoms with van der Waals surface area (Å²) in [7, 11) is 0. The number of Topliss-reactive ketones (excluding diaryl/α,β-unsaturated/α-hetero) is 1. The molecule has 0 heterocycles. The Labute approximate surface area is 96.7 Å². The van der Waals surface area contributed by atoms with E-state index in [-0.39, 0.29) is 18.9 Å². The highest BCUT2D eigenvalue weighted by Crippen LogP contribution is 2.54. The molecule has 2 N–H and O–H groups in total. The van der Waals surface area contributed by atoms with Gasteiger partial charge in [0, 0.05) is 0 Å². The van der Waals surface area contributed by atoms with Crippen LogP contribution in [0.15, 0.2) is 0 Å². The molecular formula is C13H21NO2. The predicted molar refractivity (Wildman–Crippen MR) is 60.8 cm³/mol. The van der Waals surface area contributed by atoms with Gasteiger partial charge < -0.3 is 10.5 Å². The van der Waals surface area contributed by atoms with E-state index in [9.17, 15) is 4.79 Å². The number of rotatable bonds is 4. The smallest absolute Gasteiger partial charge is 0.171 e. The molecule has 4 aliphatic carbocycles. The van der Waals surface area contributed by atoms with E-state index in [0.717, 1.165) is 23.7 Å². The van der Waals surface area contributed by atoms with Gasteiger partial charge in [0.2, 0.25) is 0 Å². The van der Waals surface area contributed by atoms with E-state index in [1.54, 1.807) is 0 Å². The lowest BCUT2D eigenvalue weighted by atomic mass is 9.55. The van der Waals surface area contributed by atoms with Crippen molar-refractivity contribution in [2.45, 2.75) is 38.2 Å². The Balaban J connectivity index is 1.61. The van der Waals surface area contributed by atoms with E-state index < -0.39 is 0 Å². The van der Waals surface area contributed by atoms with Crippen molar-refractivity contribution in [3.8, 4) is 0 Å². The zero-order valence-electron chi connectivity index (χ0n) is 9.73. The molecule has 0 aromatic rings. The molecule has 90 valence electrons. The number of carbonyl (C=O) groups excluding carboxylic acids is 1. The molecule has 4 bridgehead atoms. The molecule has 0 aromatic carbocycles. The van der Waals surface area contributed by atoms with E-state index in [1.807, 2.05) is 0 Å². The first kappa shape index (κ1) is 10.7. The summed E-state index contributed by atoms with van der Waals surface area (Å²) in [6.45, 7) is 0.358. The summed E-state index contributed by atoms with van der Waals surface area (Å²) in [4.78, 5) is 11.2. The Kier molecular flexibility index (Phi) is 2.76. The van der Waals surface area contributed by atoms with Crippen LogP contribution in [-0.2, 0) is 9.53 Å². The maximum Gasteiger partial charge on any atom is 0.171 e. The van der Waals surface area contributed by atoms with Crippen LogP contribution in [0.2, 0.25) is 0 Å². The summed E-state index contributed by atoms with van der Waals surface area (Å²) in [5, 5.41) is 0. The van der Waals surface area contributed by atoms with Crippen LogP contribution < -0.4 is 5.73 Å². The zero-order chi connectivity index (χ0) is 11.1. The van der Waals surface area contributed by atoms with Crippen LogP contribution in [0, 0.1) is 23.7 Å². The number of hydrogen-bond acceptors (Lipinski definition) is 3. The first-order chi connectivity index (χ1) is 7.76. The van der Waals surface area contributed by atoms with Gasteiger partial charge in [0.1, 0.15) is 6.61 Å². The van der Waals surface area contributed by atoms with Crippen molar-refractivity contribution in [1.29, 1.82) is 0 Å². The number of carbonyl (C=O) groups is 1. The molecule has 0 radical (unpaired) electrons. The highest BCUT2D eigenvalue weighted by atomic mass is 16.5. The minimum Gasteiger partial charge on any atom is -0.370 e. The highest BCUT2D eigenvalue weighted by Gasteiger charge is 2.48. The van der Waals surface area contributed by atoms with Crippen LogP contribution in [0.3, 0.4) is 0 Å². The fourth-order valence-electron chi connectivity index (χ4n) is 4.40. The van der Waals surface area contributed by atoms with Crippen molar-refractivity contribution in [1.82, 2.24) is 0 Å². The van der Waals surface area contributed by atoms with Crippen LogP contribution in [0.1, 0.15) is 32.1 Å². The Bertz CT molecular complexity index is 262. The maximum absolute atomic E-state index is 11.2. The Morgan fingerprint density at radius 2 is 1.62 bits per heavy atom. The van der Waals surface area contributed by atoms with Crippen molar-refractivity contribution in [2.75, 3.05) is 13.2 Å². The monoisotopic (exact) mass is 223 g/mol. The Hall–Kier alpha value is -0.410. The highest BCUT2D eigenvalue weighted by molar-refractivity contribution is 5.81. The van der Waals surface area contributed by atoms with Crippen LogP contribution in [0.25, 0.3) is 0 Å². The largest absolute Gasteiger partial charge is 0.370 e. The third-order valence-electron chi connectivity index (χ3n) is 4.80. The lowest BCUT2D eigenvalue weighted by molar-refractivity contribution is -0.144. The molecular weight excluding hydrogens is 202 g/mol. The van der Waals surface area contributed by atoms with E-state index in [2.05, 4.69) is 0 Å². The number of ketones is 1. The fourth-order valence-corrected chi connectivity index (χ4v) is 4.40. The second kappa shape index (κ2) is 4.11. The third-order valence-corrected chi connectivity index (χ3v) is 4.80. The molecule has 0 aliphatic heterocycles. The van der Waals surface area contributed by atoms with Crippen LogP contribution in [0.4, 0.5) is 0 Å². The summed E-state index contributed by atoms with van der Waals surface area (Å²) in [5.41, 5.74) is 5.30. The Morgan fingerprint density at radius 3 is 2.12 bits per heavy atom. The SMILES string of the molecule is NCC(=O)COC1C2CC3CC(C2)CC1C3.